The summed E-state index contributed by atoms with van der Waals surface area (Å²) in [4.78, 5) is 24.7. The fourth-order valence-electron chi connectivity index (χ4n) is 3.17. The van der Waals surface area contributed by atoms with Crippen molar-refractivity contribution < 1.29 is 23.5 Å². The molecule has 0 saturated heterocycles. The van der Waals surface area contributed by atoms with E-state index in [9.17, 15) is 14.0 Å². The topological polar surface area (TPSA) is 93.3 Å². The predicted molar refractivity (Wildman–Crippen MR) is 119 cm³/mol. The molecule has 0 unspecified atom stereocenters. The van der Waals surface area contributed by atoms with E-state index in [1.165, 1.54) is 31.4 Å². The van der Waals surface area contributed by atoms with Crippen molar-refractivity contribution in [2.75, 3.05) is 7.11 Å². The van der Waals surface area contributed by atoms with Gasteiger partial charge in [0, 0.05) is 18.3 Å². The zero-order valence-corrected chi connectivity index (χ0v) is 17.7. The summed E-state index contributed by atoms with van der Waals surface area (Å²) >= 11 is 0. The highest BCUT2D eigenvalue weighted by Gasteiger charge is 2.16. The maximum atomic E-state index is 13.2. The molecule has 0 bridgehead atoms. The first-order valence-corrected chi connectivity index (χ1v) is 10.1. The lowest BCUT2D eigenvalue weighted by molar-refractivity contribution is 0.0600. The van der Waals surface area contributed by atoms with Crippen LogP contribution in [0.15, 0.2) is 79.1 Å². The minimum absolute atomic E-state index is 0.242. The maximum absolute atomic E-state index is 13.2. The number of hydrogen-bond donors (Lipinski definition) is 2. The summed E-state index contributed by atoms with van der Waals surface area (Å²) in [5, 5.41) is 9.56. The molecule has 0 spiro atoms. The van der Waals surface area contributed by atoms with E-state index < -0.39 is 5.97 Å². The van der Waals surface area contributed by atoms with E-state index in [1.54, 1.807) is 48.8 Å². The van der Waals surface area contributed by atoms with Crippen molar-refractivity contribution in [3.8, 4) is 22.6 Å². The number of nitrogens with one attached hydrogen (secondary N) is 2. The predicted octanol–water partition coefficient (Wildman–Crippen LogP) is 4.72. The molecule has 0 aliphatic rings. The van der Waals surface area contributed by atoms with Gasteiger partial charge in [-0.1, -0.05) is 18.2 Å². The molecular formula is C25H20FN3O4. The van der Waals surface area contributed by atoms with E-state index in [0.717, 1.165) is 16.7 Å². The van der Waals surface area contributed by atoms with E-state index in [0.29, 0.717) is 22.6 Å². The van der Waals surface area contributed by atoms with E-state index in [2.05, 4.69) is 15.5 Å². The molecule has 1 aromatic heterocycles. The SMILES string of the molecule is COC(=O)c1ccc(CNC(=O)c2cc(-c3cn[nH]c3)ccc2Oc2ccc(F)cc2)cc1. The highest BCUT2D eigenvalue weighted by Crippen LogP contribution is 2.30. The average Bonchev–Trinajstić information content (AvgIpc) is 3.39. The number of methoxy groups -OCH3 is 1. The van der Waals surface area contributed by atoms with Gasteiger partial charge in [0.15, 0.2) is 0 Å². The van der Waals surface area contributed by atoms with Gasteiger partial charge >= 0.3 is 5.97 Å². The van der Waals surface area contributed by atoms with E-state index in [-0.39, 0.29) is 18.3 Å². The van der Waals surface area contributed by atoms with Crippen molar-refractivity contribution in [3.05, 3.63) is 102 Å². The van der Waals surface area contributed by atoms with Crippen LogP contribution >= 0.6 is 0 Å². The van der Waals surface area contributed by atoms with Crippen LogP contribution in [0.1, 0.15) is 26.3 Å². The van der Waals surface area contributed by atoms with Crippen LogP contribution in [0.4, 0.5) is 4.39 Å². The minimum atomic E-state index is -0.427. The zero-order valence-electron chi connectivity index (χ0n) is 17.7. The Balaban J connectivity index is 1.56. The second-order valence-corrected chi connectivity index (χ2v) is 7.13. The van der Waals surface area contributed by atoms with Crippen LogP contribution in [0.25, 0.3) is 11.1 Å². The molecule has 33 heavy (non-hydrogen) atoms. The lowest BCUT2D eigenvalue weighted by Gasteiger charge is -2.13. The summed E-state index contributed by atoms with van der Waals surface area (Å²) in [5.41, 5.74) is 3.14. The largest absolute Gasteiger partial charge is 0.465 e. The molecular weight excluding hydrogens is 425 g/mol. The summed E-state index contributed by atoms with van der Waals surface area (Å²) in [5.74, 6) is -0.431. The number of hydrogen-bond acceptors (Lipinski definition) is 5. The number of ether oxygens (including phenoxy) is 2. The van der Waals surface area contributed by atoms with Crippen molar-refractivity contribution in [3.63, 3.8) is 0 Å². The molecule has 4 rings (SSSR count). The molecule has 3 aromatic carbocycles. The first kappa shape index (κ1) is 21.8. The smallest absolute Gasteiger partial charge is 0.337 e. The molecule has 0 radical (unpaired) electrons. The van der Waals surface area contributed by atoms with Gasteiger partial charge in [0.1, 0.15) is 17.3 Å². The molecule has 0 saturated carbocycles. The van der Waals surface area contributed by atoms with Crippen LogP contribution in [-0.4, -0.2) is 29.2 Å². The van der Waals surface area contributed by atoms with Gasteiger partial charge in [0.25, 0.3) is 5.91 Å². The first-order chi connectivity index (χ1) is 16.0. The highest BCUT2D eigenvalue weighted by atomic mass is 19.1. The Morgan fingerprint density at radius 1 is 1.00 bits per heavy atom. The monoisotopic (exact) mass is 445 g/mol. The van der Waals surface area contributed by atoms with E-state index >= 15 is 0 Å². The van der Waals surface area contributed by atoms with Crippen molar-refractivity contribution in [2.45, 2.75) is 6.54 Å². The van der Waals surface area contributed by atoms with Crippen LogP contribution in [0.2, 0.25) is 0 Å². The molecule has 8 heteroatoms. The zero-order chi connectivity index (χ0) is 23.2. The normalized spacial score (nSPS) is 10.5. The second kappa shape index (κ2) is 9.78. The second-order valence-electron chi connectivity index (χ2n) is 7.13. The number of rotatable bonds is 7. The first-order valence-electron chi connectivity index (χ1n) is 10.1. The number of carbonyl (C=O) groups is 2. The average molecular weight is 445 g/mol. The summed E-state index contributed by atoms with van der Waals surface area (Å²) in [6, 6.07) is 17.5. The minimum Gasteiger partial charge on any atom is -0.465 e. The summed E-state index contributed by atoms with van der Waals surface area (Å²) in [6.45, 7) is 0.242. The molecule has 1 amide bonds. The number of carbonyl (C=O) groups excluding carboxylic acids is 2. The number of H-pyrrole nitrogens is 1. The number of aromatic nitrogens is 2. The fraction of sp³-hybridized carbons (Fsp3) is 0.0800. The van der Waals surface area contributed by atoms with Crippen LogP contribution in [0.5, 0.6) is 11.5 Å². The Morgan fingerprint density at radius 3 is 2.42 bits per heavy atom. The third-order valence-corrected chi connectivity index (χ3v) is 4.93. The highest BCUT2D eigenvalue weighted by molar-refractivity contribution is 5.98. The molecule has 0 aliphatic heterocycles. The Labute approximate surface area is 189 Å². The van der Waals surface area contributed by atoms with Gasteiger partial charge in [0.2, 0.25) is 0 Å². The lowest BCUT2D eigenvalue weighted by Crippen LogP contribution is -2.23. The fourth-order valence-corrected chi connectivity index (χ4v) is 3.17. The third-order valence-electron chi connectivity index (χ3n) is 4.93. The van der Waals surface area contributed by atoms with Crippen LogP contribution < -0.4 is 10.1 Å². The molecule has 4 aromatic rings. The Kier molecular flexibility index (Phi) is 6.45. The Hall–Kier alpha value is -4.46. The van der Waals surface area contributed by atoms with Crippen LogP contribution in [-0.2, 0) is 11.3 Å². The Morgan fingerprint density at radius 2 is 1.76 bits per heavy atom. The molecule has 2 N–H and O–H groups in total. The Bertz CT molecular complexity index is 1250. The number of aromatic amines is 1. The molecule has 166 valence electrons. The van der Waals surface area contributed by atoms with Crippen LogP contribution in [0, 0.1) is 5.82 Å². The summed E-state index contributed by atoms with van der Waals surface area (Å²) < 4.78 is 23.8. The molecule has 0 atom stereocenters. The summed E-state index contributed by atoms with van der Waals surface area (Å²) in [6.07, 6.45) is 3.38. The third kappa shape index (κ3) is 5.24. The van der Waals surface area contributed by atoms with Crippen LogP contribution in [0.3, 0.4) is 0 Å². The van der Waals surface area contributed by atoms with Gasteiger partial charge in [-0.2, -0.15) is 5.10 Å². The number of esters is 1. The molecule has 0 fully saturated rings. The number of amides is 1. The van der Waals surface area contributed by atoms with Gasteiger partial charge in [-0.15, -0.1) is 0 Å². The van der Waals surface area contributed by atoms with Gasteiger partial charge in [0.05, 0.1) is 24.4 Å². The van der Waals surface area contributed by atoms with Gasteiger partial charge in [-0.05, 0) is 59.7 Å². The van der Waals surface area contributed by atoms with Crippen molar-refractivity contribution in [2.24, 2.45) is 0 Å². The standard InChI is InChI=1S/C25H20FN3O4/c1-32-25(31)17-4-2-16(3-5-17)13-27-24(30)22-12-18(19-14-28-29-15-19)6-11-23(22)33-21-9-7-20(26)8-10-21/h2-12,14-15H,13H2,1H3,(H,27,30)(H,28,29). The van der Waals surface area contributed by atoms with E-state index in [1.807, 2.05) is 6.07 Å². The number of benzene rings is 3. The van der Waals surface area contributed by atoms with Gasteiger partial charge in [-0.25, -0.2) is 9.18 Å². The maximum Gasteiger partial charge on any atom is 0.337 e. The lowest BCUT2D eigenvalue weighted by atomic mass is 10.0. The quantitative estimate of drug-likeness (QED) is 0.402. The van der Waals surface area contributed by atoms with E-state index in [4.69, 9.17) is 9.47 Å². The van der Waals surface area contributed by atoms with Gasteiger partial charge < -0.3 is 14.8 Å². The molecule has 0 aliphatic carbocycles. The number of halogens is 1. The molecule has 1 heterocycles. The van der Waals surface area contributed by atoms with Crippen molar-refractivity contribution in [1.29, 1.82) is 0 Å². The summed E-state index contributed by atoms with van der Waals surface area (Å²) in [7, 11) is 1.32. The molecule has 7 nitrogen and oxygen atoms in total. The number of nitrogens with zero attached hydrogens (tertiary/aromatic N) is 1. The van der Waals surface area contributed by atoms with Gasteiger partial charge in [-0.3, -0.25) is 9.89 Å². The van der Waals surface area contributed by atoms with Crippen molar-refractivity contribution in [1.82, 2.24) is 15.5 Å². The van der Waals surface area contributed by atoms with Crippen molar-refractivity contribution >= 4 is 11.9 Å².